The fourth-order valence-corrected chi connectivity index (χ4v) is 4.08. The summed E-state index contributed by atoms with van der Waals surface area (Å²) in [4.78, 5) is 18.7. The lowest BCUT2D eigenvalue weighted by Crippen LogP contribution is -2.45. The Bertz CT molecular complexity index is 897. The number of carbonyl (C=O) groups is 1. The van der Waals surface area contributed by atoms with E-state index in [1.54, 1.807) is 7.05 Å². The summed E-state index contributed by atoms with van der Waals surface area (Å²) in [5, 5.41) is 7.56. The topological polar surface area (TPSA) is 56.7 Å². The number of guanidine groups is 1. The van der Waals surface area contributed by atoms with E-state index in [0.29, 0.717) is 12.3 Å². The van der Waals surface area contributed by atoms with Crippen molar-refractivity contribution in [2.24, 2.45) is 10.9 Å². The third kappa shape index (κ3) is 6.73. The van der Waals surface area contributed by atoms with Crippen molar-refractivity contribution in [3.63, 3.8) is 0 Å². The van der Waals surface area contributed by atoms with Gasteiger partial charge in [-0.15, -0.1) is 0 Å². The molecule has 0 bridgehead atoms. The number of nitrogens with zero attached hydrogens (tertiary/aromatic N) is 2. The summed E-state index contributed by atoms with van der Waals surface area (Å²) < 4.78 is 0. The van der Waals surface area contributed by atoms with Gasteiger partial charge in [0.25, 0.3) is 0 Å². The largest absolute Gasteiger partial charge is 0.356 e. The Labute approximate surface area is 190 Å². The summed E-state index contributed by atoms with van der Waals surface area (Å²) in [5.74, 6) is 1.29. The Morgan fingerprint density at radius 2 is 1.94 bits per heavy atom. The molecule has 1 amide bonds. The Hall–Kier alpha value is -2.53. The zero-order valence-electron chi connectivity index (χ0n) is 18.7. The smallest absolute Gasteiger partial charge is 0.223 e. The molecule has 0 saturated carbocycles. The summed E-state index contributed by atoms with van der Waals surface area (Å²) >= 11 is 6.16. The second kappa shape index (κ2) is 10.7. The highest BCUT2D eigenvalue weighted by Gasteiger charge is 2.29. The molecule has 0 radical (unpaired) electrons. The first-order valence-electron chi connectivity index (χ1n) is 10.9. The molecule has 1 aliphatic heterocycles. The minimum atomic E-state index is -0.0971. The van der Waals surface area contributed by atoms with Gasteiger partial charge in [0, 0.05) is 56.0 Å². The van der Waals surface area contributed by atoms with Crippen LogP contribution in [-0.4, -0.2) is 50.0 Å². The summed E-state index contributed by atoms with van der Waals surface area (Å²) in [7, 11) is 1.77. The van der Waals surface area contributed by atoms with Crippen LogP contribution in [0.4, 0.5) is 0 Å². The van der Waals surface area contributed by atoms with E-state index in [9.17, 15) is 4.79 Å². The number of hydrogen-bond acceptors (Lipinski definition) is 2. The van der Waals surface area contributed by atoms with Gasteiger partial charge in [0.15, 0.2) is 5.96 Å². The van der Waals surface area contributed by atoms with Gasteiger partial charge in [0.05, 0.1) is 0 Å². The minimum Gasteiger partial charge on any atom is -0.356 e. The molecule has 0 aliphatic carbocycles. The van der Waals surface area contributed by atoms with Crippen LogP contribution < -0.4 is 10.6 Å². The van der Waals surface area contributed by atoms with Gasteiger partial charge in [0.1, 0.15) is 0 Å². The second-order valence-electron chi connectivity index (χ2n) is 8.85. The standard InChI is InChI=1S/C25H33ClN4O/c1-25(2,21-10-7-11-22(26)15-21)18-29-24(27-3)28-16-20-14-23(31)30(17-20)13-12-19-8-5-4-6-9-19/h4-11,15,20H,12-14,16-18H2,1-3H3,(H2,27,28,29). The van der Waals surface area contributed by atoms with Crippen molar-refractivity contribution in [1.82, 2.24) is 15.5 Å². The van der Waals surface area contributed by atoms with E-state index >= 15 is 0 Å². The van der Waals surface area contributed by atoms with E-state index in [1.165, 1.54) is 11.1 Å². The Balaban J connectivity index is 1.44. The lowest BCUT2D eigenvalue weighted by molar-refractivity contribution is -0.127. The van der Waals surface area contributed by atoms with Gasteiger partial charge >= 0.3 is 0 Å². The molecule has 0 aromatic heterocycles. The molecular formula is C25H33ClN4O. The van der Waals surface area contributed by atoms with Crippen LogP contribution in [0, 0.1) is 5.92 Å². The zero-order chi connectivity index (χ0) is 22.3. The molecule has 2 aromatic carbocycles. The first-order valence-corrected chi connectivity index (χ1v) is 11.3. The van der Waals surface area contributed by atoms with E-state index in [-0.39, 0.29) is 11.3 Å². The third-order valence-electron chi connectivity index (χ3n) is 5.89. The van der Waals surface area contributed by atoms with Crippen LogP contribution in [0.1, 0.15) is 31.4 Å². The van der Waals surface area contributed by atoms with Crippen molar-refractivity contribution < 1.29 is 4.79 Å². The van der Waals surface area contributed by atoms with Crippen molar-refractivity contribution in [2.75, 3.05) is 33.2 Å². The minimum absolute atomic E-state index is 0.0971. The molecule has 0 spiro atoms. The highest BCUT2D eigenvalue weighted by molar-refractivity contribution is 6.30. The van der Waals surface area contributed by atoms with Crippen LogP contribution in [0.15, 0.2) is 59.6 Å². The number of halogens is 1. The predicted octanol–water partition coefficient (Wildman–Crippen LogP) is 3.87. The highest BCUT2D eigenvalue weighted by atomic mass is 35.5. The first-order chi connectivity index (χ1) is 14.9. The van der Waals surface area contributed by atoms with Crippen molar-refractivity contribution in [3.8, 4) is 0 Å². The number of carbonyl (C=O) groups excluding carboxylic acids is 1. The Morgan fingerprint density at radius 3 is 2.65 bits per heavy atom. The summed E-state index contributed by atoms with van der Waals surface area (Å²) in [6.45, 7) is 7.38. The molecule has 1 heterocycles. The van der Waals surface area contributed by atoms with Crippen LogP contribution >= 0.6 is 11.6 Å². The molecule has 1 unspecified atom stereocenters. The van der Waals surface area contributed by atoms with Crippen molar-refractivity contribution in [3.05, 3.63) is 70.7 Å². The van der Waals surface area contributed by atoms with E-state index in [1.807, 2.05) is 41.3 Å². The van der Waals surface area contributed by atoms with Gasteiger partial charge in [-0.05, 0) is 29.7 Å². The van der Waals surface area contributed by atoms with Gasteiger partial charge in [-0.3, -0.25) is 9.79 Å². The van der Waals surface area contributed by atoms with Crippen LogP contribution in [0.25, 0.3) is 0 Å². The molecule has 1 fully saturated rings. The van der Waals surface area contributed by atoms with E-state index < -0.39 is 0 Å². The maximum Gasteiger partial charge on any atom is 0.223 e. The van der Waals surface area contributed by atoms with E-state index in [4.69, 9.17) is 11.6 Å². The fourth-order valence-electron chi connectivity index (χ4n) is 3.89. The number of aliphatic imine (C=N–C) groups is 1. The average molecular weight is 441 g/mol. The molecular weight excluding hydrogens is 408 g/mol. The third-order valence-corrected chi connectivity index (χ3v) is 6.13. The van der Waals surface area contributed by atoms with Gasteiger partial charge in [0.2, 0.25) is 5.91 Å². The second-order valence-corrected chi connectivity index (χ2v) is 9.28. The highest BCUT2D eigenvalue weighted by Crippen LogP contribution is 2.25. The summed E-state index contributed by atoms with van der Waals surface area (Å²) in [6, 6.07) is 18.3. The van der Waals surface area contributed by atoms with Gasteiger partial charge in [-0.25, -0.2) is 0 Å². The molecule has 1 atom stereocenters. The van der Waals surface area contributed by atoms with Crippen LogP contribution in [0.2, 0.25) is 5.02 Å². The molecule has 5 nitrogen and oxygen atoms in total. The number of nitrogens with one attached hydrogen (secondary N) is 2. The number of likely N-dealkylation sites (tertiary alicyclic amines) is 1. The molecule has 2 aromatic rings. The van der Waals surface area contributed by atoms with Crippen molar-refractivity contribution >= 4 is 23.5 Å². The van der Waals surface area contributed by atoms with Crippen molar-refractivity contribution in [1.29, 1.82) is 0 Å². The molecule has 1 aliphatic rings. The lowest BCUT2D eigenvalue weighted by atomic mass is 9.84. The SMILES string of the molecule is CN=C(NCC1CC(=O)N(CCc2ccccc2)C1)NCC(C)(C)c1cccc(Cl)c1. The number of benzene rings is 2. The normalized spacial score (nSPS) is 17.2. The van der Waals surface area contributed by atoms with Gasteiger partial charge in [-0.1, -0.05) is 67.9 Å². The lowest BCUT2D eigenvalue weighted by Gasteiger charge is -2.27. The Morgan fingerprint density at radius 1 is 1.16 bits per heavy atom. The molecule has 166 valence electrons. The summed E-state index contributed by atoms with van der Waals surface area (Å²) in [6.07, 6.45) is 1.49. The van der Waals surface area contributed by atoms with E-state index in [0.717, 1.165) is 43.6 Å². The summed E-state index contributed by atoms with van der Waals surface area (Å²) in [5.41, 5.74) is 2.35. The van der Waals surface area contributed by atoms with Crippen LogP contribution in [-0.2, 0) is 16.6 Å². The van der Waals surface area contributed by atoms with Crippen molar-refractivity contribution in [2.45, 2.75) is 32.1 Å². The zero-order valence-corrected chi connectivity index (χ0v) is 19.5. The van der Waals surface area contributed by atoms with Crippen LogP contribution in [0.3, 0.4) is 0 Å². The number of amides is 1. The van der Waals surface area contributed by atoms with E-state index in [2.05, 4.69) is 47.7 Å². The number of rotatable bonds is 8. The molecule has 3 rings (SSSR count). The molecule has 1 saturated heterocycles. The quantitative estimate of drug-likeness (QED) is 0.484. The monoisotopic (exact) mass is 440 g/mol. The Kier molecular flexibility index (Phi) is 7.97. The van der Waals surface area contributed by atoms with Gasteiger partial charge < -0.3 is 15.5 Å². The maximum absolute atomic E-state index is 12.4. The van der Waals surface area contributed by atoms with Gasteiger partial charge in [-0.2, -0.15) is 0 Å². The number of hydrogen-bond donors (Lipinski definition) is 2. The molecule has 6 heteroatoms. The molecule has 2 N–H and O–H groups in total. The molecule has 31 heavy (non-hydrogen) atoms. The first kappa shape index (κ1) is 23.1. The van der Waals surface area contributed by atoms with Crippen LogP contribution in [0.5, 0.6) is 0 Å². The maximum atomic E-state index is 12.4. The fraction of sp³-hybridized carbons (Fsp3) is 0.440. The average Bonchev–Trinajstić information content (AvgIpc) is 3.12. The predicted molar refractivity (Wildman–Crippen MR) is 129 cm³/mol.